The molecule has 66 valence electrons. The van der Waals surface area contributed by atoms with E-state index >= 15 is 0 Å². The molecule has 0 radical (unpaired) electrons. The van der Waals surface area contributed by atoms with E-state index in [1.807, 2.05) is 17.5 Å². The highest BCUT2D eigenvalue weighted by Gasteiger charge is 1.99. The summed E-state index contributed by atoms with van der Waals surface area (Å²) < 4.78 is 0.524. The van der Waals surface area contributed by atoms with Crippen LogP contribution in [-0.4, -0.2) is 4.98 Å². The smallest absolute Gasteiger partial charge is 0.251 e. The van der Waals surface area contributed by atoms with E-state index in [4.69, 9.17) is 12.2 Å². The third-order valence-electron chi connectivity index (χ3n) is 1.45. The standard InChI is InChI=1S/C8H5NOS3/c10-7-4-6(13-8(11)9-7)5-2-1-3-12-5/h1-4H,(H,9,10,11). The average Bonchev–Trinajstić information content (AvgIpc) is 2.53. The van der Waals surface area contributed by atoms with Gasteiger partial charge in [0.15, 0.2) is 3.95 Å². The van der Waals surface area contributed by atoms with E-state index in [2.05, 4.69) is 4.98 Å². The number of hydrogen-bond donors (Lipinski definition) is 1. The largest absolute Gasteiger partial charge is 0.305 e. The van der Waals surface area contributed by atoms with E-state index in [-0.39, 0.29) is 5.56 Å². The maximum Gasteiger partial charge on any atom is 0.251 e. The fourth-order valence-corrected chi connectivity index (χ4v) is 2.91. The normalized spacial score (nSPS) is 10.2. The molecule has 0 amide bonds. The van der Waals surface area contributed by atoms with Crippen molar-refractivity contribution in [1.82, 2.24) is 4.98 Å². The number of aromatic amines is 1. The second-order valence-electron chi connectivity index (χ2n) is 2.36. The predicted octanol–water partition coefficient (Wildman–Crippen LogP) is 2.89. The Morgan fingerprint density at radius 2 is 2.23 bits per heavy atom. The van der Waals surface area contributed by atoms with Crippen molar-refractivity contribution in [2.24, 2.45) is 0 Å². The van der Waals surface area contributed by atoms with Crippen LogP contribution < -0.4 is 5.56 Å². The minimum atomic E-state index is -0.132. The summed E-state index contributed by atoms with van der Waals surface area (Å²) in [6.45, 7) is 0. The number of thiophene rings is 1. The Kier molecular flexibility index (Phi) is 2.39. The molecule has 0 spiro atoms. The van der Waals surface area contributed by atoms with Gasteiger partial charge in [0, 0.05) is 10.9 Å². The van der Waals surface area contributed by atoms with Crippen molar-refractivity contribution in [3.8, 4) is 9.75 Å². The molecule has 0 atom stereocenters. The van der Waals surface area contributed by atoms with Gasteiger partial charge in [0.05, 0.1) is 4.88 Å². The number of hydrogen-bond acceptors (Lipinski definition) is 4. The van der Waals surface area contributed by atoms with E-state index in [1.165, 1.54) is 11.3 Å². The molecule has 0 fully saturated rings. The minimum absolute atomic E-state index is 0.132. The molecular weight excluding hydrogens is 222 g/mol. The molecule has 2 aromatic rings. The number of rotatable bonds is 1. The van der Waals surface area contributed by atoms with Crippen LogP contribution >= 0.6 is 34.9 Å². The van der Waals surface area contributed by atoms with Gasteiger partial charge in [-0.15, -0.1) is 22.7 Å². The van der Waals surface area contributed by atoms with Crippen molar-refractivity contribution in [2.75, 3.05) is 0 Å². The van der Waals surface area contributed by atoms with E-state index in [9.17, 15) is 4.79 Å². The fourth-order valence-electron chi connectivity index (χ4n) is 0.951. The number of nitrogens with one attached hydrogen (secondary N) is 1. The Morgan fingerprint density at radius 1 is 1.38 bits per heavy atom. The Morgan fingerprint density at radius 3 is 2.85 bits per heavy atom. The van der Waals surface area contributed by atoms with Crippen molar-refractivity contribution >= 4 is 34.9 Å². The summed E-state index contributed by atoms with van der Waals surface area (Å²) in [4.78, 5) is 15.7. The quantitative estimate of drug-likeness (QED) is 0.760. The van der Waals surface area contributed by atoms with Gasteiger partial charge in [0.1, 0.15) is 0 Å². The summed E-state index contributed by atoms with van der Waals surface area (Å²) in [6, 6.07) is 5.51. The molecule has 13 heavy (non-hydrogen) atoms. The van der Waals surface area contributed by atoms with Crippen molar-refractivity contribution in [2.45, 2.75) is 0 Å². The first-order valence-corrected chi connectivity index (χ1v) is 5.64. The summed E-state index contributed by atoms with van der Waals surface area (Å²) >= 11 is 7.95. The predicted molar refractivity (Wildman–Crippen MR) is 59.1 cm³/mol. The van der Waals surface area contributed by atoms with E-state index < -0.39 is 0 Å². The topological polar surface area (TPSA) is 32.9 Å². The van der Waals surface area contributed by atoms with Crippen LogP contribution in [0.25, 0.3) is 9.75 Å². The summed E-state index contributed by atoms with van der Waals surface area (Å²) in [6.07, 6.45) is 0. The summed E-state index contributed by atoms with van der Waals surface area (Å²) in [5.41, 5.74) is -0.132. The lowest BCUT2D eigenvalue weighted by molar-refractivity contribution is 1.27. The van der Waals surface area contributed by atoms with Gasteiger partial charge in [0.25, 0.3) is 5.56 Å². The maximum absolute atomic E-state index is 11.1. The van der Waals surface area contributed by atoms with Crippen molar-refractivity contribution < 1.29 is 0 Å². The molecule has 1 N–H and O–H groups in total. The molecule has 0 aliphatic rings. The van der Waals surface area contributed by atoms with E-state index in [0.29, 0.717) is 3.95 Å². The molecule has 0 bridgehead atoms. The molecule has 0 aliphatic heterocycles. The Hall–Kier alpha value is -0.780. The van der Waals surface area contributed by atoms with Crippen LogP contribution in [0.4, 0.5) is 0 Å². The van der Waals surface area contributed by atoms with Crippen LogP contribution in [-0.2, 0) is 0 Å². The molecule has 2 heterocycles. The lowest BCUT2D eigenvalue weighted by Crippen LogP contribution is -2.01. The van der Waals surface area contributed by atoms with Gasteiger partial charge < -0.3 is 4.98 Å². The van der Waals surface area contributed by atoms with Crippen LogP contribution in [0.3, 0.4) is 0 Å². The molecule has 0 saturated heterocycles. The highest BCUT2D eigenvalue weighted by atomic mass is 32.1. The maximum atomic E-state index is 11.1. The molecule has 2 aromatic heterocycles. The lowest BCUT2D eigenvalue weighted by atomic mass is 10.4. The lowest BCUT2D eigenvalue weighted by Gasteiger charge is -1.92. The Labute approximate surface area is 87.5 Å². The minimum Gasteiger partial charge on any atom is -0.305 e. The zero-order valence-corrected chi connectivity index (χ0v) is 8.89. The van der Waals surface area contributed by atoms with Gasteiger partial charge in [-0.1, -0.05) is 6.07 Å². The fraction of sp³-hybridized carbons (Fsp3) is 0. The van der Waals surface area contributed by atoms with Gasteiger partial charge in [-0.2, -0.15) is 0 Å². The Balaban J connectivity index is 2.66. The van der Waals surface area contributed by atoms with Gasteiger partial charge in [0.2, 0.25) is 0 Å². The van der Waals surface area contributed by atoms with Crippen LogP contribution in [0, 0.1) is 3.95 Å². The Bertz CT molecular complexity index is 480. The van der Waals surface area contributed by atoms with Crippen molar-refractivity contribution in [3.05, 3.63) is 37.9 Å². The second kappa shape index (κ2) is 3.53. The first-order chi connectivity index (χ1) is 6.25. The number of H-pyrrole nitrogens is 1. The average molecular weight is 227 g/mol. The second-order valence-corrected chi connectivity index (χ2v) is 5.03. The van der Waals surface area contributed by atoms with Crippen LogP contribution in [0.15, 0.2) is 28.4 Å². The third-order valence-corrected chi connectivity index (χ3v) is 3.68. The first-order valence-electron chi connectivity index (χ1n) is 3.54. The van der Waals surface area contributed by atoms with Crippen LogP contribution in [0.2, 0.25) is 0 Å². The monoisotopic (exact) mass is 227 g/mol. The molecule has 0 aromatic carbocycles. The van der Waals surface area contributed by atoms with Gasteiger partial charge in [-0.05, 0) is 23.7 Å². The zero-order chi connectivity index (χ0) is 9.26. The summed E-state index contributed by atoms with van der Waals surface area (Å²) in [7, 11) is 0. The molecule has 0 aliphatic carbocycles. The van der Waals surface area contributed by atoms with Crippen molar-refractivity contribution in [1.29, 1.82) is 0 Å². The van der Waals surface area contributed by atoms with E-state index in [0.717, 1.165) is 9.75 Å². The highest BCUT2D eigenvalue weighted by Crippen LogP contribution is 2.26. The van der Waals surface area contributed by atoms with Gasteiger partial charge >= 0.3 is 0 Å². The molecule has 5 heteroatoms. The molecular formula is C8H5NOS3. The van der Waals surface area contributed by atoms with Crippen molar-refractivity contribution in [3.63, 3.8) is 0 Å². The molecule has 2 nitrogen and oxygen atoms in total. The third kappa shape index (κ3) is 1.93. The SMILES string of the molecule is O=c1cc(-c2cccs2)sc(=S)[nH]1. The highest BCUT2D eigenvalue weighted by molar-refractivity contribution is 7.73. The molecule has 0 saturated carbocycles. The van der Waals surface area contributed by atoms with Gasteiger partial charge in [-0.25, -0.2) is 0 Å². The van der Waals surface area contributed by atoms with Crippen LogP contribution in [0.1, 0.15) is 0 Å². The first kappa shape index (κ1) is 8.80. The van der Waals surface area contributed by atoms with E-state index in [1.54, 1.807) is 17.4 Å². The molecule has 0 unspecified atom stereocenters. The summed E-state index contributed by atoms with van der Waals surface area (Å²) in [5.74, 6) is 0. The number of aromatic nitrogens is 1. The zero-order valence-electron chi connectivity index (χ0n) is 6.44. The van der Waals surface area contributed by atoms with Gasteiger partial charge in [-0.3, -0.25) is 4.79 Å². The van der Waals surface area contributed by atoms with Crippen LogP contribution in [0.5, 0.6) is 0 Å². The summed E-state index contributed by atoms with van der Waals surface area (Å²) in [5, 5.41) is 1.98. The molecule has 2 rings (SSSR count).